The van der Waals surface area contributed by atoms with Crippen LogP contribution in [-0.4, -0.2) is 46.1 Å². The number of amides is 3. The van der Waals surface area contributed by atoms with E-state index in [1.165, 1.54) is 25.6 Å². The van der Waals surface area contributed by atoms with Crippen LogP contribution in [0.1, 0.15) is 80.0 Å². The number of carbonyl (C=O) groups excluding carboxylic acids is 3. The standard InChI is InChI=1S/C26H29FN6O4.C3H8/c1-6-18(19-13-30-33(21(19)8-3)17-11-9-16(27)10-12-17)24(35)31-20(7-2)26-32-23(15(4)37-26)25(36)29-14-22(34)28-5;1-3-2/h6,8-13,20H,3,7,14H2,1-2,4-5H3,(H,28,34)(H,29,36)(H,31,35);3H2,1-2H3/b18-6+;. The van der Waals surface area contributed by atoms with E-state index in [1.807, 2.05) is 6.92 Å². The highest BCUT2D eigenvalue weighted by atomic mass is 19.1. The maximum atomic E-state index is 13.4. The molecule has 0 aliphatic heterocycles. The zero-order valence-corrected chi connectivity index (χ0v) is 23.8. The van der Waals surface area contributed by atoms with Crippen LogP contribution in [-0.2, 0) is 9.59 Å². The Kier molecular flexibility index (Phi) is 12.0. The van der Waals surface area contributed by atoms with Crippen LogP contribution in [0.3, 0.4) is 0 Å². The highest BCUT2D eigenvalue weighted by Crippen LogP contribution is 2.26. The number of aryl methyl sites for hydroxylation is 1. The van der Waals surface area contributed by atoms with Crippen LogP contribution in [0, 0.1) is 12.7 Å². The van der Waals surface area contributed by atoms with Crippen LogP contribution in [0.4, 0.5) is 4.39 Å². The fourth-order valence-corrected chi connectivity index (χ4v) is 3.64. The smallest absolute Gasteiger partial charge is 0.273 e. The fraction of sp³-hybridized carbons (Fsp3) is 0.345. The second-order valence-corrected chi connectivity index (χ2v) is 8.69. The third kappa shape index (κ3) is 7.75. The first-order valence-corrected chi connectivity index (χ1v) is 13.0. The zero-order chi connectivity index (χ0) is 29.8. The Morgan fingerprint density at radius 2 is 1.82 bits per heavy atom. The molecule has 1 unspecified atom stereocenters. The van der Waals surface area contributed by atoms with Gasteiger partial charge < -0.3 is 20.4 Å². The number of nitrogens with one attached hydrogen (secondary N) is 3. The minimum absolute atomic E-state index is 0.0346. The van der Waals surface area contributed by atoms with E-state index >= 15 is 0 Å². The average molecular weight is 553 g/mol. The summed E-state index contributed by atoms with van der Waals surface area (Å²) in [7, 11) is 1.47. The van der Waals surface area contributed by atoms with Gasteiger partial charge in [0, 0.05) is 18.2 Å². The van der Waals surface area contributed by atoms with E-state index in [-0.39, 0.29) is 35.6 Å². The molecule has 2 aromatic heterocycles. The van der Waals surface area contributed by atoms with E-state index in [4.69, 9.17) is 4.42 Å². The summed E-state index contributed by atoms with van der Waals surface area (Å²) in [5.41, 5.74) is 2.08. The van der Waals surface area contributed by atoms with Crippen molar-refractivity contribution in [1.82, 2.24) is 30.7 Å². The van der Waals surface area contributed by atoms with Gasteiger partial charge in [-0.2, -0.15) is 5.10 Å². The summed E-state index contributed by atoms with van der Waals surface area (Å²) in [6.07, 6.45) is 6.45. The molecule has 40 heavy (non-hydrogen) atoms. The van der Waals surface area contributed by atoms with Crippen molar-refractivity contribution < 1.29 is 23.2 Å². The van der Waals surface area contributed by atoms with Gasteiger partial charge in [-0.25, -0.2) is 14.1 Å². The molecule has 1 aromatic carbocycles. The molecule has 1 atom stereocenters. The third-order valence-corrected chi connectivity index (χ3v) is 5.62. The molecule has 2 heterocycles. The predicted molar refractivity (Wildman–Crippen MR) is 152 cm³/mol. The number of nitrogens with zero attached hydrogens (tertiary/aromatic N) is 3. The van der Waals surface area contributed by atoms with Crippen molar-refractivity contribution in [3.05, 3.63) is 77.5 Å². The lowest BCUT2D eigenvalue weighted by Gasteiger charge is -2.15. The molecule has 3 amide bonds. The summed E-state index contributed by atoms with van der Waals surface area (Å²) in [6.45, 7) is 13.0. The molecule has 0 saturated heterocycles. The molecule has 0 aliphatic rings. The molecule has 3 aromatic rings. The minimum Gasteiger partial charge on any atom is -0.443 e. The van der Waals surface area contributed by atoms with Crippen molar-refractivity contribution in [3.63, 3.8) is 0 Å². The number of halogens is 1. The first-order chi connectivity index (χ1) is 19.1. The number of allylic oxidation sites excluding steroid dienone is 1. The lowest BCUT2D eigenvalue weighted by Crippen LogP contribution is -2.35. The van der Waals surface area contributed by atoms with Crippen LogP contribution >= 0.6 is 0 Å². The van der Waals surface area contributed by atoms with Gasteiger partial charge in [0.2, 0.25) is 11.8 Å². The number of oxazole rings is 1. The van der Waals surface area contributed by atoms with Crippen molar-refractivity contribution in [2.24, 2.45) is 0 Å². The SMILES string of the molecule is C=Cc1c(/C(=C\C)C(=O)NC(CC)c2nc(C(=O)NCC(=O)NC)c(C)o2)cnn1-c1ccc(F)cc1.CCC. The van der Waals surface area contributed by atoms with E-state index < -0.39 is 17.9 Å². The summed E-state index contributed by atoms with van der Waals surface area (Å²) >= 11 is 0. The molecular formula is C29H37FN6O4. The largest absolute Gasteiger partial charge is 0.443 e. The molecular weight excluding hydrogens is 515 g/mol. The van der Waals surface area contributed by atoms with Crippen LogP contribution in [0.15, 0.2) is 47.5 Å². The molecule has 3 rings (SSSR count). The van der Waals surface area contributed by atoms with Gasteiger partial charge in [0.15, 0.2) is 5.69 Å². The average Bonchev–Trinajstić information content (AvgIpc) is 3.55. The fourth-order valence-electron chi connectivity index (χ4n) is 3.64. The molecule has 0 fully saturated rings. The van der Waals surface area contributed by atoms with E-state index in [2.05, 4.69) is 46.5 Å². The molecule has 214 valence electrons. The number of carbonyl (C=O) groups is 3. The number of rotatable bonds is 10. The molecule has 0 bridgehead atoms. The van der Waals surface area contributed by atoms with Crippen LogP contribution < -0.4 is 16.0 Å². The minimum atomic E-state index is -0.624. The van der Waals surface area contributed by atoms with E-state index in [9.17, 15) is 18.8 Å². The van der Waals surface area contributed by atoms with Crippen LogP contribution in [0.2, 0.25) is 0 Å². The first-order valence-electron chi connectivity index (χ1n) is 13.0. The lowest BCUT2D eigenvalue weighted by atomic mass is 10.0. The summed E-state index contributed by atoms with van der Waals surface area (Å²) < 4.78 is 20.6. The molecule has 11 heteroatoms. The molecule has 0 saturated carbocycles. The van der Waals surface area contributed by atoms with Gasteiger partial charge in [-0.15, -0.1) is 0 Å². The summed E-state index contributed by atoms with van der Waals surface area (Å²) in [5, 5.41) is 12.1. The number of likely N-dealkylation sites (N-methyl/N-ethyl adjacent to an activating group) is 1. The maximum Gasteiger partial charge on any atom is 0.273 e. The molecule has 0 spiro atoms. The number of aromatic nitrogens is 3. The van der Waals surface area contributed by atoms with Gasteiger partial charge in [0.1, 0.15) is 17.6 Å². The zero-order valence-electron chi connectivity index (χ0n) is 23.8. The Hall–Kier alpha value is -4.54. The predicted octanol–water partition coefficient (Wildman–Crippen LogP) is 4.51. The quantitative estimate of drug-likeness (QED) is 0.317. The molecule has 0 aliphatic carbocycles. The highest BCUT2D eigenvalue weighted by molar-refractivity contribution is 6.20. The normalized spacial score (nSPS) is 11.6. The molecule has 0 radical (unpaired) electrons. The highest BCUT2D eigenvalue weighted by Gasteiger charge is 2.26. The van der Waals surface area contributed by atoms with Crippen molar-refractivity contribution in [1.29, 1.82) is 0 Å². The lowest BCUT2D eigenvalue weighted by molar-refractivity contribution is -0.119. The Morgan fingerprint density at radius 1 is 1.18 bits per heavy atom. The Labute approximate surface area is 233 Å². The van der Waals surface area contributed by atoms with Crippen LogP contribution in [0.5, 0.6) is 0 Å². The van der Waals surface area contributed by atoms with Gasteiger partial charge in [-0.3, -0.25) is 14.4 Å². The van der Waals surface area contributed by atoms with Gasteiger partial charge in [-0.1, -0.05) is 39.8 Å². The second kappa shape index (κ2) is 15.2. The van der Waals surface area contributed by atoms with Gasteiger partial charge in [0.05, 0.1) is 24.1 Å². The third-order valence-electron chi connectivity index (χ3n) is 5.62. The van der Waals surface area contributed by atoms with Crippen molar-refractivity contribution >= 4 is 29.4 Å². The summed E-state index contributed by atoms with van der Waals surface area (Å²) in [6, 6.07) is 5.18. The maximum absolute atomic E-state index is 13.4. The summed E-state index contributed by atoms with van der Waals surface area (Å²) in [5.74, 6) is -1.26. The number of hydrogen-bond acceptors (Lipinski definition) is 6. The van der Waals surface area contributed by atoms with Gasteiger partial charge >= 0.3 is 0 Å². The van der Waals surface area contributed by atoms with Gasteiger partial charge in [0.25, 0.3) is 11.8 Å². The van der Waals surface area contributed by atoms with Crippen LogP contribution in [0.25, 0.3) is 17.3 Å². The van der Waals surface area contributed by atoms with Gasteiger partial charge in [-0.05, 0) is 50.6 Å². The Balaban J connectivity index is 0.00000178. The van der Waals surface area contributed by atoms with E-state index in [0.29, 0.717) is 28.9 Å². The Morgan fingerprint density at radius 3 is 2.38 bits per heavy atom. The topological polar surface area (TPSA) is 131 Å². The van der Waals surface area contributed by atoms with E-state index in [1.54, 1.807) is 49.0 Å². The number of benzene rings is 1. The van der Waals surface area contributed by atoms with Crippen molar-refractivity contribution in [2.45, 2.75) is 53.5 Å². The summed E-state index contributed by atoms with van der Waals surface area (Å²) in [4.78, 5) is 41.4. The first kappa shape index (κ1) is 31.7. The monoisotopic (exact) mass is 552 g/mol. The molecule has 3 N–H and O–H groups in total. The number of hydrogen-bond donors (Lipinski definition) is 3. The van der Waals surface area contributed by atoms with Crippen molar-refractivity contribution in [2.75, 3.05) is 13.6 Å². The Bertz CT molecular complexity index is 1360. The second-order valence-electron chi connectivity index (χ2n) is 8.69. The van der Waals surface area contributed by atoms with Crippen molar-refractivity contribution in [3.8, 4) is 5.69 Å². The molecule has 10 nitrogen and oxygen atoms in total. The van der Waals surface area contributed by atoms with E-state index in [0.717, 1.165) is 0 Å².